The molecule has 2 rings (SSSR count). The summed E-state index contributed by atoms with van der Waals surface area (Å²) in [6.45, 7) is 1.36. The second kappa shape index (κ2) is 5.44. The molecule has 2 N–H and O–H groups in total. The first kappa shape index (κ1) is 13.0. The summed E-state index contributed by atoms with van der Waals surface area (Å²) < 4.78 is 6.08. The predicted octanol–water partition coefficient (Wildman–Crippen LogP) is -0.119. The van der Waals surface area contributed by atoms with E-state index in [0.717, 1.165) is 0 Å². The second-order valence-corrected chi connectivity index (χ2v) is 3.87. The molecule has 8 heteroatoms. The van der Waals surface area contributed by atoms with Crippen LogP contribution in [-0.4, -0.2) is 31.9 Å². The Hall–Kier alpha value is -2.48. The van der Waals surface area contributed by atoms with E-state index >= 15 is 0 Å². The molecule has 100 valence electrons. The van der Waals surface area contributed by atoms with Crippen LogP contribution < -0.4 is 5.32 Å². The van der Waals surface area contributed by atoms with Crippen LogP contribution in [0, 0.1) is 0 Å². The van der Waals surface area contributed by atoms with Crippen LogP contribution in [-0.2, 0) is 11.3 Å². The minimum absolute atomic E-state index is 0.0524. The quantitative estimate of drug-likeness (QED) is 0.796. The Bertz CT molecular complexity index is 573. The zero-order valence-electron chi connectivity index (χ0n) is 10.1. The first-order valence-corrected chi connectivity index (χ1v) is 5.52. The highest BCUT2D eigenvalue weighted by Crippen LogP contribution is 2.06. The molecule has 0 aliphatic rings. The number of furan rings is 1. The minimum Gasteiger partial charge on any atom is -0.459 e. The van der Waals surface area contributed by atoms with Crippen LogP contribution in [0.2, 0.25) is 0 Å². The van der Waals surface area contributed by atoms with Gasteiger partial charge in [0.15, 0.2) is 5.76 Å². The maximum absolute atomic E-state index is 11.6. The van der Waals surface area contributed by atoms with Gasteiger partial charge >= 0.3 is 0 Å². The molecular formula is C11H12N4O4. The maximum atomic E-state index is 11.6. The van der Waals surface area contributed by atoms with E-state index in [-0.39, 0.29) is 12.3 Å². The molecule has 0 aliphatic carbocycles. The Morgan fingerprint density at radius 1 is 1.58 bits per heavy atom. The molecule has 0 aromatic carbocycles. The van der Waals surface area contributed by atoms with E-state index in [4.69, 9.17) is 4.42 Å². The van der Waals surface area contributed by atoms with Crippen LogP contribution in [0.5, 0.6) is 0 Å². The summed E-state index contributed by atoms with van der Waals surface area (Å²) in [5.41, 5.74) is 0.352. The van der Waals surface area contributed by atoms with Gasteiger partial charge in [0.2, 0.25) is 5.91 Å². The normalized spacial score (nSPS) is 12.1. The lowest BCUT2D eigenvalue weighted by atomic mass is 10.3. The lowest BCUT2D eigenvalue weighted by molar-refractivity contribution is -0.120. The fourth-order valence-electron chi connectivity index (χ4n) is 1.36. The van der Waals surface area contributed by atoms with Crippen molar-refractivity contribution >= 4 is 11.8 Å². The number of rotatable bonds is 4. The zero-order chi connectivity index (χ0) is 13.8. The summed E-state index contributed by atoms with van der Waals surface area (Å²) in [5, 5.41) is 18.7. The van der Waals surface area contributed by atoms with E-state index in [1.165, 1.54) is 30.1 Å². The molecule has 2 aromatic rings. The summed E-state index contributed by atoms with van der Waals surface area (Å²) >= 11 is 0. The van der Waals surface area contributed by atoms with Gasteiger partial charge in [0, 0.05) is 0 Å². The number of amides is 2. The van der Waals surface area contributed by atoms with Gasteiger partial charge in [-0.1, -0.05) is 5.21 Å². The highest BCUT2D eigenvalue weighted by Gasteiger charge is 2.14. The number of carbonyl (C=O) groups is 2. The molecule has 0 fully saturated rings. The third-order valence-electron chi connectivity index (χ3n) is 2.29. The van der Waals surface area contributed by atoms with E-state index in [9.17, 15) is 14.7 Å². The van der Waals surface area contributed by atoms with Crippen LogP contribution in [0.1, 0.15) is 29.3 Å². The Balaban J connectivity index is 1.92. The van der Waals surface area contributed by atoms with Crippen molar-refractivity contribution in [3.05, 3.63) is 36.0 Å². The van der Waals surface area contributed by atoms with Crippen molar-refractivity contribution in [1.82, 2.24) is 20.3 Å². The number of nitrogens with zero attached hydrogens (tertiary/aromatic N) is 3. The van der Waals surface area contributed by atoms with Crippen molar-refractivity contribution in [3.63, 3.8) is 0 Å². The second-order valence-electron chi connectivity index (χ2n) is 3.87. The molecule has 8 nitrogen and oxygen atoms in total. The average molecular weight is 264 g/mol. The molecule has 0 bridgehead atoms. The molecule has 2 amide bonds. The molecule has 2 aromatic heterocycles. The fourth-order valence-corrected chi connectivity index (χ4v) is 1.36. The lowest BCUT2D eigenvalue weighted by Gasteiger charge is -2.01. The Morgan fingerprint density at radius 3 is 2.95 bits per heavy atom. The van der Waals surface area contributed by atoms with Crippen LogP contribution in [0.3, 0.4) is 0 Å². The highest BCUT2D eigenvalue weighted by molar-refractivity contribution is 6.02. The number of aliphatic hydroxyl groups excluding tert-OH is 1. The smallest absolute Gasteiger partial charge is 0.293 e. The molecule has 1 atom stereocenters. The van der Waals surface area contributed by atoms with Gasteiger partial charge in [-0.05, 0) is 19.1 Å². The monoisotopic (exact) mass is 264 g/mol. The molecule has 0 saturated heterocycles. The van der Waals surface area contributed by atoms with E-state index in [2.05, 4.69) is 15.6 Å². The molecule has 0 spiro atoms. The molecule has 19 heavy (non-hydrogen) atoms. The number of hydrogen-bond acceptors (Lipinski definition) is 6. The van der Waals surface area contributed by atoms with Gasteiger partial charge in [-0.3, -0.25) is 14.9 Å². The summed E-state index contributed by atoms with van der Waals surface area (Å²) in [7, 11) is 0. The van der Waals surface area contributed by atoms with Crippen LogP contribution in [0.15, 0.2) is 29.0 Å². The predicted molar refractivity (Wildman–Crippen MR) is 61.8 cm³/mol. The van der Waals surface area contributed by atoms with Gasteiger partial charge < -0.3 is 9.52 Å². The third-order valence-corrected chi connectivity index (χ3v) is 2.29. The highest BCUT2D eigenvalue weighted by atomic mass is 16.3. The molecule has 0 radical (unpaired) electrons. The first-order valence-electron chi connectivity index (χ1n) is 5.52. The summed E-state index contributed by atoms with van der Waals surface area (Å²) in [5.74, 6) is -1.12. The zero-order valence-corrected chi connectivity index (χ0v) is 10.1. The maximum Gasteiger partial charge on any atom is 0.293 e. The van der Waals surface area contributed by atoms with Crippen LogP contribution in [0.4, 0.5) is 0 Å². The third kappa shape index (κ3) is 3.26. The van der Waals surface area contributed by atoms with Crippen molar-refractivity contribution in [3.8, 4) is 0 Å². The fraction of sp³-hybridized carbons (Fsp3) is 0.273. The van der Waals surface area contributed by atoms with Crippen LogP contribution in [0.25, 0.3) is 0 Å². The van der Waals surface area contributed by atoms with Gasteiger partial charge in [-0.15, -0.1) is 5.10 Å². The van der Waals surface area contributed by atoms with Gasteiger partial charge in [-0.25, -0.2) is 4.68 Å². The van der Waals surface area contributed by atoms with Crippen molar-refractivity contribution in [1.29, 1.82) is 0 Å². The van der Waals surface area contributed by atoms with Gasteiger partial charge in [0.1, 0.15) is 12.2 Å². The number of aliphatic hydroxyl groups is 1. The van der Waals surface area contributed by atoms with E-state index < -0.39 is 17.9 Å². The van der Waals surface area contributed by atoms with Gasteiger partial charge in [0.25, 0.3) is 5.91 Å². The summed E-state index contributed by atoms with van der Waals surface area (Å²) in [4.78, 5) is 23.1. The number of imide groups is 1. The SMILES string of the molecule is CC(O)c1cn(CC(=O)NC(=O)c2ccco2)nn1. The Morgan fingerprint density at radius 2 is 2.37 bits per heavy atom. The van der Waals surface area contributed by atoms with Crippen molar-refractivity contribution in [2.45, 2.75) is 19.6 Å². The molecule has 1 unspecified atom stereocenters. The van der Waals surface area contributed by atoms with Crippen molar-refractivity contribution in [2.24, 2.45) is 0 Å². The summed E-state index contributed by atoms with van der Waals surface area (Å²) in [6, 6.07) is 3.00. The van der Waals surface area contributed by atoms with E-state index in [0.29, 0.717) is 5.69 Å². The number of hydrogen-bond donors (Lipinski definition) is 2. The summed E-state index contributed by atoms with van der Waals surface area (Å²) in [6.07, 6.45) is 2.01. The van der Waals surface area contributed by atoms with E-state index in [1.807, 2.05) is 0 Å². The largest absolute Gasteiger partial charge is 0.459 e. The standard InChI is InChI=1S/C11H12N4O4/c1-7(16)8-5-15(14-13-8)6-10(17)12-11(18)9-3-2-4-19-9/h2-5,7,16H,6H2,1H3,(H,12,17,18). The molecular weight excluding hydrogens is 252 g/mol. The van der Waals surface area contributed by atoms with Gasteiger partial charge in [-0.2, -0.15) is 0 Å². The minimum atomic E-state index is -0.762. The average Bonchev–Trinajstić information content (AvgIpc) is 2.98. The first-order chi connectivity index (χ1) is 9.06. The number of nitrogens with one attached hydrogen (secondary N) is 1. The number of aromatic nitrogens is 3. The topological polar surface area (TPSA) is 110 Å². The lowest BCUT2D eigenvalue weighted by Crippen LogP contribution is -2.33. The van der Waals surface area contributed by atoms with Crippen molar-refractivity contribution < 1.29 is 19.1 Å². The van der Waals surface area contributed by atoms with Gasteiger partial charge in [0.05, 0.1) is 18.6 Å². The molecule has 0 aliphatic heterocycles. The van der Waals surface area contributed by atoms with Crippen molar-refractivity contribution in [2.75, 3.05) is 0 Å². The Kier molecular flexibility index (Phi) is 3.71. The number of carbonyl (C=O) groups excluding carboxylic acids is 2. The molecule has 2 heterocycles. The Labute approximate surface area is 108 Å². The van der Waals surface area contributed by atoms with Crippen LogP contribution >= 0.6 is 0 Å². The van der Waals surface area contributed by atoms with E-state index in [1.54, 1.807) is 6.07 Å². The molecule has 0 saturated carbocycles.